The molecule has 0 saturated heterocycles. The molecule has 12 nitrogen and oxygen atoms in total. The number of fused-ring (bicyclic) bond motifs is 1. The first-order valence-corrected chi connectivity index (χ1v) is 14.3. The summed E-state index contributed by atoms with van der Waals surface area (Å²) in [4.78, 5) is 64.5. The Kier molecular flexibility index (Phi) is 11.1. The van der Waals surface area contributed by atoms with Gasteiger partial charge in [-0.25, -0.2) is 9.59 Å². The van der Waals surface area contributed by atoms with Gasteiger partial charge in [-0.15, -0.1) is 0 Å². The molecule has 12 heteroatoms. The number of ether oxygens (including phenoxy) is 2. The van der Waals surface area contributed by atoms with Gasteiger partial charge in [-0.3, -0.25) is 14.4 Å². The van der Waals surface area contributed by atoms with Crippen LogP contribution in [-0.2, 0) is 37.4 Å². The van der Waals surface area contributed by atoms with E-state index in [1.807, 2.05) is 42.1 Å². The van der Waals surface area contributed by atoms with Crippen molar-refractivity contribution in [2.45, 2.75) is 71.2 Å². The van der Waals surface area contributed by atoms with E-state index in [-0.39, 0.29) is 12.2 Å². The van der Waals surface area contributed by atoms with Gasteiger partial charge in [-0.2, -0.15) is 0 Å². The van der Waals surface area contributed by atoms with E-state index in [1.165, 1.54) is 0 Å². The van der Waals surface area contributed by atoms with Crippen LogP contribution in [0.5, 0.6) is 5.75 Å². The van der Waals surface area contributed by atoms with Gasteiger partial charge in [0.15, 0.2) is 0 Å². The molecule has 4 N–H and O–H groups in total. The summed E-state index contributed by atoms with van der Waals surface area (Å²) < 4.78 is 12.5. The number of aromatic nitrogens is 1. The van der Waals surface area contributed by atoms with E-state index in [4.69, 9.17) is 9.47 Å². The van der Waals surface area contributed by atoms with Crippen LogP contribution in [0.25, 0.3) is 10.9 Å². The Labute approximate surface area is 256 Å². The number of aliphatic carboxylic acids is 1. The Morgan fingerprint density at radius 3 is 2.09 bits per heavy atom. The lowest BCUT2D eigenvalue weighted by molar-refractivity contribution is -0.156. The Morgan fingerprint density at radius 1 is 0.864 bits per heavy atom. The van der Waals surface area contributed by atoms with Crippen LogP contribution in [0.2, 0.25) is 0 Å². The van der Waals surface area contributed by atoms with Crippen LogP contribution in [0.4, 0.5) is 4.79 Å². The first kappa shape index (κ1) is 33.6. The van der Waals surface area contributed by atoms with Crippen LogP contribution in [-0.4, -0.2) is 63.2 Å². The molecule has 1 heterocycles. The number of carboxylic acids is 1. The van der Waals surface area contributed by atoms with Crippen molar-refractivity contribution >= 4 is 40.7 Å². The fourth-order valence-corrected chi connectivity index (χ4v) is 4.58. The van der Waals surface area contributed by atoms with Gasteiger partial charge in [0.25, 0.3) is 0 Å². The molecule has 44 heavy (non-hydrogen) atoms. The largest absolute Gasteiger partial charge is 0.480 e. The number of nitrogens with one attached hydrogen (secondary N) is 3. The number of carboxylic acid groups (broad SMARTS) is 1. The molecule has 3 rings (SSSR count). The first-order chi connectivity index (χ1) is 20.6. The summed E-state index contributed by atoms with van der Waals surface area (Å²) in [5, 5.41) is 18.1. The number of hydrogen-bond acceptors (Lipinski definition) is 7. The SMILES string of the molecule is CC(C)[C@@H](NC(=O)[C@H](Cc1cn(C)c2ccccc12)NC(=O)[C@H](CC(=O)OC(C)(C)C)NC(=O)Oc1ccccc1)C(=O)O. The summed E-state index contributed by atoms with van der Waals surface area (Å²) in [6.45, 7) is 8.28. The van der Waals surface area contributed by atoms with E-state index >= 15 is 0 Å². The van der Waals surface area contributed by atoms with Crippen molar-refractivity contribution in [1.82, 2.24) is 20.5 Å². The minimum atomic E-state index is -1.48. The van der Waals surface area contributed by atoms with E-state index in [9.17, 15) is 29.1 Å². The van der Waals surface area contributed by atoms with E-state index in [2.05, 4.69) is 16.0 Å². The smallest absolute Gasteiger partial charge is 0.413 e. The van der Waals surface area contributed by atoms with E-state index in [1.54, 1.807) is 65.0 Å². The highest BCUT2D eigenvalue weighted by Gasteiger charge is 2.33. The fourth-order valence-electron chi connectivity index (χ4n) is 4.58. The number of para-hydroxylation sites is 2. The van der Waals surface area contributed by atoms with Crippen molar-refractivity contribution in [1.29, 1.82) is 0 Å². The molecule has 3 amide bonds. The average molecular weight is 609 g/mol. The lowest BCUT2D eigenvalue weighted by Crippen LogP contribution is -2.57. The van der Waals surface area contributed by atoms with Gasteiger partial charge >= 0.3 is 18.0 Å². The standard InChI is InChI=1S/C32H40N4O8/c1-19(2)27(30(40)41)35-29(39)23(16-20-18-36(6)25-15-11-10-14-22(20)25)33-28(38)24(17-26(37)44-32(3,4)5)34-31(42)43-21-12-8-7-9-13-21/h7-15,18-19,23-24,27H,16-17H2,1-6H3,(H,33,38)(H,34,42)(H,35,39)(H,40,41)/t23-,24-,27+/m0/s1. The van der Waals surface area contributed by atoms with Crippen LogP contribution < -0.4 is 20.7 Å². The number of carbonyl (C=O) groups is 5. The van der Waals surface area contributed by atoms with Crippen molar-refractivity contribution in [3.8, 4) is 5.75 Å². The second kappa shape index (κ2) is 14.5. The van der Waals surface area contributed by atoms with Crippen molar-refractivity contribution in [2.24, 2.45) is 13.0 Å². The molecule has 0 aliphatic rings. The Bertz CT molecular complexity index is 1490. The number of benzene rings is 2. The summed E-state index contributed by atoms with van der Waals surface area (Å²) >= 11 is 0. The quantitative estimate of drug-likeness (QED) is 0.227. The molecule has 0 saturated carbocycles. The highest BCUT2D eigenvalue weighted by atomic mass is 16.6. The third kappa shape index (κ3) is 9.58. The number of aryl methyl sites for hydroxylation is 1. The van der Waals surface area contributed by atoms with Crippen LogP contribution in [0.15, 0.2) is 60.8 Å². The topological polar surface area (TPSA) is 165 Å². The first-order valence-electron chi connectivity index (χ1n) is 14.3. The minimum Gasteiger partial charge on any atom is -0.480 e. The maximum Gasteiger partial charge on any atom is 0.413 e. The summed E-state index contributed by atoms with van der Waals surface area (Å²) in [5.74, 6) is -3.83. The van der Waals surface area contributed by atoms with Crippen LogP contribution in [0.1, 0.15) is 46.6 Å². The highest BCUT2D eigenvalue weighted by Crippen LogP contribution is 2.22. The van der Waals surface area contributed by atoms with E-state index in [0.29, 0.717) is 0 Å². The molecular formula is C32H40N4O8. The monoisotopic (exact) mass is 608 g/mol. The maximum absolute atomic E-state index is 13.7. The molecule has 3 aromatic rings. The number of hydrogen-bond donors (Lipinski definition) is 4. The second-order valence-electron chi connectivity index (χ2n) is 11.8. The van der Waals surface area contributed by atoms with Crippen LogP contribution >= 0.6 is 0 Å². The molecule has 0 bridgehead atoms. The molecule has 0 radical (unpaired) electrons. The third-order valence-electron chi connectivity index (χ3n) is 6.62. The molecule has 0 aliphatic heterocycles. The molecule has 0 fully saturated rings. The van der Waals surface area contributed by atoms with Crippen molar-refractivity contribution < 1.29 is 38.6 Å². The van der Waals surface area contributed by atoms with Gasteiger partial charge in [0.05, 0.1) is 6.42 Å². The van der Waals surface area contributed by atoms with Gasteiger partial charge in [-0.05, 0) is 50.5 Å². The number of esters is 1. The number of rotatable bonds is 12. The summed E-state index contributed by atoms with van der Waals surface area (Å²) in [5.41, 5.74) is 0.758. The Morgan fingerprint density at radius 2 is 1.48 bits per heavy atom. The predicted octanol–water partition coefficient (Wildman–Crippen LogP) is 3.32. The van der Waals surface area contributed by atoms with Crippen LogP contribution in [0.3, 0.4) is 0 Å². The molecule has 0 unspecified atom stereocenters. The average Bonchev–Trinajstić information content (AvgIpc) is 3.24. The van der Waals surface area contributed by atoms with Gasteiger partial charge in [0.1, 0.15) is 29.5 Å². The minimum absolute atomic E-state index is 0.00300. The van der Waals surface area contributed by atoms with Gasteiger partial charge in [-0.1, -0.05) is 50.2 Å². The summed E-state index contributed by atoms with van der Waals surface area (Å²) in [6, 6.07) is 11.7. The van der Waals surface area contributed by atoms with Crippen molar-refractivity contribution in [3.05, 3.63) is 66.4 Å². The zero-order valence-electron chi connectivity index (χ0n) is 25.7. The Balaban J connectivity index is 1.91. The van der Waals surface area contributed by atoms with Gasteiger partial charge in [0.2, 0.25) is 11.8 Å². The Hall–Kier alpha value is -4.87. The lowest BCUT2D eigenvalue weighted by atomic mass is 10.0. The molecule has 2 aromatic carbocycles. The summed E-state index contributed by atoms with van der Waals surface area (Å²) in [7, 11) is 1.85. The molecular weight excluding hydrogens is 568 g/mol. The van der Waals surface area contributed by atoms with Gasteiger partial charge < -0.3 is 35.1 Å². The molecule has 3 atom stereocenters. The third-order valence-corrected chi connectivity index (χ3v) is 6.62. The van der Waals surface area contributed by atoms with Crippen molar-refractivity contribution in [3.63, 3.8) is 0 Å². The summed E-state index contributed by atoms with van der Waals surface area (Å²) in [6.07, 6.45) is 0.263. The maximum atomic E-state index is 13.7. The molecule has 0 spiro atoms. The van der Waals surface area contributed by atoms with E-state index in [0.717, 1.165) is 16.5 Å². The lowest BCUT2D eigenvalue weighted by Gasteiger charge is -2.26. The predicted molar refractivity (Wildman–Crippen MR) is 163 cm³/mol. The normalized spacial score (nSPS) is 13.4. The molecule has 0 aliphatic carbocycles. The molecule has 236 valence electrons. The van der Waals surface area contributed by atoms with Gasteiger partial charge in [0, 0.05) is 30.6 Å². The second-order valence-corrected chi connectivity index (χ2v) is 11.8. The zero-order valence-corrected chi connectivity index (χ0v) is 25.7. The molecule has 1 aromatic heterocycles. The fraction of sp³-hybridized carbons (Fsp3) is 0.406. The highest BCUT2D eigenvalue weighted by molar-refractivity contribution is 5.95. The van der Waals surface area contributed by atoms with Crippen LogP contribution in [0, 0.1) is 5.92 Å². The number of amides is 3. The van der Waals surface area contributed by atoms with E-state index < -0.39 is 65.9 Å². The number of carbonyl (C=O) groups excluding carboxylic acids is 4. The number of nitrogens with zero attached hydrogens (tertiary/aromatic N) is 1. The zero-order chi connectivity index (χ0) is 32.6. The van der Waals surface area contributed by atoms with Crippen molar-refractivity contribution in [2.75, 3.05) is 0 Å².